The maximum Gasteiger partial charge on any atom is 0.262 e. The summed E-state index contributed by atoms with van der Waals surface area (Å²) >= 11 is 0. The van der Waals surface area contributed by atoms with E-state index in [1.807, 2.05) is 0 Å². The highest BCUT2D eigenvalue weighted by atomic mass is 16.2. The van der Waals surface area contributed by atoms with E-state index in [4.69, 9.17) is 5.73 Å². The van der Waals surface area contributed by atoms with E-state index in [0.29, 0.717) is 17.4 Å². The first-order valence-electron chi connectivity index (χ1n) is 6.19. The normalized spacial score (nSPS) is 15.2. The molecule has 6 nitrogen and oxygen atoms in total. The van der Waals surface area contributed by atoms with Crippen molar-refractivity contribution in [2.24, 2.45) is 5.73 Å². The van der Waals surface area contributed by atoms with Crippen LogP contribution >= 0.6 is 0 Å². The minimum atomic E-state index is -1.09. The molecule has 1 aromatic carbocycles. The monoisotopic (exact) mass is 274 g/mol. The summed E-state index contributed by atoms with van der Waals surface area (Å²) in [6, 6.07) is 3.85. The van der Waals surface area contributed by atoms with Crippen LogP contribution in [-0.2, 0) is 9.59 Å². The molecule has 0 aromatic heterocycles. The number of rotatable bonds is 5. The van der Waals surface area contributed by atoms with Crippen molar-refractivity contribution in [2.45, 2.75) is 25.8 Å². The van der Waals surface area contributed by atoms with Gasteiger partial charge in [-0.05, 0) is 25.0 Å². The fraction of sp³-hybridized carbons (Fsp3) is 0.286. The van der Waals surface area contributed by atoms with Gasteiger partial charge in [0.25, 0.3) is 11.8 Å². The number of primary amides is 1. The fourth-order valence-electron chi connectivity index (χ4n) is 2.38. The van der Waals surface area contributed by atoms with E-state index in [2.05, 4.69) is 0 Å². The molecule has 20 heavy (non-hydrogen) atoms. The molecule has 0 spiro atoms. The fourth-order valence-corrected chi connectivity index (χ4v) is 2.38. The molecule has 0 saturated heterocycles. The second-order valence-corrected chi connectivity index (χ2v) is 4.64. The van der Waals surface area contributed by atoms with Gasteiger partial charge in [0.1, 0.15) is 12.3 Å². The first kappa shape index (κ1) is 13.9. The van der Waals surface area contributed by atoms with Crippen molar-refractivity contribution in [3.8, 4) is 0 Å². The highest BCUT2D eigenvalue weighted by Crippen LogP contribution is 2.28. The van der Waals surface area contributed by atoms with Crippen molar-refractivity contribution in [2.75, 3.05) is 0 Å². The Morgan fingerprint density at radius 2 is 2.05 bits per heavy atom. The molecule has 1 aromatic rings. The van der Waals surface area contributed by atoms with Crippen LogP contribution in [0.25, 0.3) is 0 Å². The first-order valence-corrected chi connectivity index (χ1v) is 6.19. The number of carbonyl (C=O) groups excluding carboxylic acids is 4. The summed E-state index contributed by atoms with van der Waals surface area (Å²) < 4.78 is 0. The van der Waals surface area contributed by atoms with Crippen molar-refractivity contribution < 1.29 is 19.2 Å². The van der Waals surface area contributed by atoms with Crippen LogP contribution in [0.1, 0.15) is 39.1 Å². The number of hydrogen-bond donors (Lipinski definition) is 1. The minimum Gasteiger partial charge on any atom is -0.368 e. The van der Waals surface area contributed by atoms with Crippen LogP contribution in [0.15, 0.2) is 18.2 Å². The van der Waals surface area contributed by atoms with Crippen molar-refractivity contribution in [3.63, 3.8) is 0 Å². The number of nitrogens with two attached hydrogens (primary N) is 1. The number of carbonyl (C=O) groups is 4. The van der Waals surface area contributed by atoms with Gasteiger partial charge in [-0.3, -0.25) is 19.3 Å². The van der Waals surface area contributed by atoms with E-state index >= 15 is 0 Å². The molecule has 6 heteroatoms. The van der Waals surface area contributed by atoms with E-state index in [1.165, 1.54) is 0 Å². The van der Waals surface area contributed by atoms with Crippen LogP contribution in [0.5, 0.6) is 0 Å². The van der Waals surface area contributed by atoms with Gasteiger partial charge in [-0.1, -0.05) is 12.1 Å². The van der Waals surface area contributed by atoms with E-state index < -0.39 is 23.8 Å². The summed E-state index contributed by atoms with van der Waals surface area (Å²) in [6.07, 6.45) is 0.725. The van der Waals surface area contributed by atoms with Crippen LogP contribution in [0.2, 0.25) is 0 Å². The average Bonchev–Trinajstić information content (AvgIpc) is 2.65. The summed E-state index contributed by atoms with van der Waals surface area (Å²) in [5.74, 6) is -1.86. The van der Waals surface area contributed by atoms with Gasteiger partial charge in [-0.2, -0.15) is 0 Å². The van der Waals surface area contributed by atoms with Crippen molar-refractivity contribution in [1.29, 1.82) is 0 Å². The number of amides is 3. The van der Waals surface area contributed by atoms with Crippen molar-refractivity contribution in [3.05, 3.63) is 34.9 Å². The third-order valence-electron chi connectivity index (χ3n) is 3.35. The number of hydrogen-bond acceptors (Lipinski definition) is 4. The molecule has 0 aliphatic carbocycles. The minimum absolute atomic E-state index is 0.0450. The van der Waals surface area contributed by atoms with Gasteiger partial charge < -0.3 is 10.5 Å². The Balaban J connectivity index is 2.42. The molecule has 0 radical (unpaired) electrons. The smallest absolute Gasteiger partial charge is 0.262 e. The predicted octanol–water partition coefficient (Wildman–Crippen LogP) is 0.424. The molecule has 1 unspecified atom stereocenters. The molecule has 1 aliphatic rings. The lowest BCUT2D eigenvalue weighted by Gasteiger charge is -2.22. The quantitative estimate of drug-likeness (QED) is 0.621. The Labute approximate surface area is 115 Å². The zero-order valence-corrected chi connectivity index (χ0v) is 11.0. The largest absolute Gasteiger partial charge is 0.368 e. The zero-order chi connectivity index (χ0) is 14.9. The summed E-state index contributed by atoms with van der Waals surface area (Å²) in [5.41, 5.74) is 6.49. The second-order valence-electron chi connectivity index (χ2n) is 4.64. The standard InChI is InChI=1S/C14H14N2O4/c1-8-4-2-5-9-11(8)14(20)16(13(9)19)10(12(15)18)6-3-7-17/h2,4-5,7,10H,3,6H2,1H3,(H2,15,18). The van der Waals surface area contributed by atoms with Gasteiger partial charge in [0.05, 0.1) is 11.1 Å². The number of imide groups is 1. The molecule has 3 amide bonds. The Bertz CT molecular complexity index is 609. The van der Waals surface area contributed by atoms with E-state index in [9.17, 15) is 19.2 Å². The molecule has 1 atom stereocenters. The second kappa shape index (κ2) is 5.24. The summed E-state index contributed by atoms with van der Waals surface area (Å²) in [6.45, 7) is 1.72. The summed E-state index contributed by atoms with van der Waals surface area (Å²) in [7, 11) is 0. The van der Waals surface area contributed by atoms with Gasteiger partial charge in [0.2, 0.25) is 5.91 Å². The zero-order valence-electron chi connectivity index (χ0n) is 11.0. The number of fused-ring (bicyclic) bond motifs is 1. The lowest BCUT2D eigenvalue weighted by atomic mass is 10.0. The van der Waals surface area contributed by atoms with Gasteiger partial charge in [0.15, 0.2) is 0 Å². The third-order valence-corrected chi connectivity index (χ3v) is 3.35. The maximum absolute atomic E-state index is 12.3. The Hall–Kier alpha value is -2.50. The van der Waals surface area contributed by atoms with Crippen LogP contribution in [0.4, 0.5) is 0 Å². The molecule has 2 rings (SSSR count). The lowest BCUT2D eigenvalue weighted by molar-refractivity contribution is -0.122. The summed E-state index contributed by atoms with van der Waals surface area (Å²) in [4.78, 5) is 47.4. The van der Waals surface area contributed by atoms with Crippen LogP contribution < -0.4 is 5.73 Å². The Morgan fingerprint density at radius 1 is 1.35 bits per heavy atom. The third kappa shape index (κ3) is 2.09. The topological polar surface area (TPSA) is 97.5 Å². The average molecular weight is 274 g/mol. The van der Waals surface area contributed by atoms with Crippen molar-refractivity contribution >= 4 is 24.0 Å². The highest BCUT2D eigenvalue weighted by molar-refractivity contribution is 6.23. The Kier molecular flexibility index (Phi) is 3.65. The van der Waals surface area contributed by atoms with E-state index in [-0.39, 0.29) is 18.4 Å². The molecule has 0 bridgehead atoms. The Morgan fingerprint density at radius 3 is 2.60 bits per heavy atom. The van der Waals surface area contributed by atoms with Crippen LogP contribution in [0.3, 0.4) is 0 Å². The van der Waals surface area contributed by atoms with E-state index in [0.717, 1.165) is 4.90 Å². The SMILES string of the molecule is Cc1cccc2c1C(=O)N(C(CCC=O)C(N)=O)C2=O. The van der Waals surface area contributed by atoms with Crippen LogP contribution in [-0.4, -0.2) is 34.9 Å². The number of aldehydes is 1. The molecule has 0 saturated carbocycles. The molecule has 104 valence electrons. The first-order chi connectivity index (χ1) is 9.49. The molecule has 1 aliphatic heterocycles. The number of aryl methyl sites for hydroxylation is 1. The molecular formula is C14H14N2O4. The van der Waals surface area contributed by atoms with Gasteiger partial charge in [-0.25, -0.2) is 0 Å². The van der Waals surface area contributed by atoms with E-state index in [1.54, 1.807) is 25.1 Å². The predicted molar refractivity (Wildman–Crippen MR) is 70.0 cm³/mol. The molecule has 0 fully saturated rings. The van der Waals surface area contributed by atoms with Crippen molar-refractivity contribution in [1.82, 2.24) is 4.90 Å². The lowest BCUT2D eigenvalue weighted by Crippen LogP contribution is -2.47. The number of nitrogens with zero attached hydrogens (tertiary/aromatic N) is 1. The van der Waals surface area contributed by atoms with Gasteiger partial charge >= 0.3 is 0 Å². The molecular weight excluding hydrogens is 260 g/mol. The molecule has 1 heterocycles. The summed E-state index contributed by atoms with van der Waals surface area (Å²) in [5, 5.41) is 0. The van der Waals surface area contributed by atoms with Crippen LogP contribution in [0, 0.1) is 6.92 Å². The van der Waals surface area contributed by atoms with Gasteiger partial charge in [-0.15, -0.1) is 0 Å². The number of benzene rings is 1. The van der Waals surface area contributed by atoms with Gasteiger partial charge in [0, 0.05) is 6.42 Å². The maximum atomic E-state index is 12.3. The molecule has 2 N–H and O–H groups in total. The highest BCUT2D eigenvalue weighted by Gasteiger charge is 2.42.